The Morgan fingerprint density at radius 2 is 2.13 bits per heavy atom. The fourth-order valence-electron chi connectivity index (χ4n) is 2.04. The summed E-state index contributed by atoms with van der Waals surface area (Å²) in [6.07, 6.45) is 2.14. The lowest BCUT2D eigenvalue weighted by atomic mass is 9.74. The lowest BCUT2D eigenvalue weighted by Crippen LogP contribution is -2.52. The van der Waals surface area contributed by atoms with Gasteiger partial charge in [-0.3, -0.25) is 0 Å². The Hall–Kier alpha value is -0.830. The van der Waals surface area contributed by atoms with E-state index in [-0.39, 0.29) is 17.5 Å². The van der Waals surface area contributed by atoms with Gasteiger partial charge in [-0.15, -0.1) is 0 Å². The smallest absolute Gasteiger partial charge is 0.330 e. The van der Waals surface area contributed by atoms with E-state index in [4.69, 9.17) is 9.47 Å². The second-order valence-electron chi connectivity index (χ2n) is 4.74. The summed E-state index contributed by atoms with van der Waals surface area (Å²) in [4.78, 5) is 11.1. The third kappa shape index (κ3) is 2.81. The van der Waals surface area contributed by atoms with Gasteiger partial charge >= 0.3 is 5.97 Å². The summed E-state index contributed by atoms with van der Waals surface area (Å²) in [5, 5.41) is 0. The van der Waals surface area contributed by atoms with E-state index in [9.17, 15) is 4.79 Å². The van der Waals surface area contributed by atoms with Crippen LogP contribution in [0.3, 0.4) is 0 Å². The summed E-state index contributed by atoms with van der Waals surface area (Å²) < 4.78 is 10.5. The fraction of sp³-hybridized carbons (Fsp3) is 0.750. The molecule has 0 aliphatic carbocycles. The number of carbonyl (C=O) groups is 1. The topological polar surface area (TPSA) is 35.5 Å². The molecule has 1 saturated heterocycles. The number of rotatable bonds is 5. The van der Waals surface area contributed by atoms with Crippen LogP contribution >= 0.6 is 0 Å². The van der Waals surface area contributed by atoms with Crippen molar-refractivity contribution < 1.29 is 14.3 Å². The molecule has 0 aromatic rings. The van der Waals surface area contributed by atoms with E-state index in [0.717, 1.165) is 6.42 Å². The van der Waals surface area contributed by atoms with Crippen molar-refractivity contribution in [3.63, 3.8) is 0 Å². The number of esters is 1. The normalized spacial score (nSPS) is 20.5. The molecule has 86 valence electrons. The van der Waals surface area contributed by atoms with Gasteiger partial charge in [-0.2, -0.15) is 0 Å². The maximum Gasteiger partial charge on any atom is 0.330 e. The lowest BCUT2D eigenvalue weighted by molar-refractivity contribution is -0.193. The highest BCUT2D eigenvalue weighted by Crippen LogP contribution is 2.39. The van der Waals surface area contributed by atoms with Crippen molar-refractivity contribution in [1.82, 2.24) is 0 Å². The van der Waals surface area contributed by atoms with Gasteiger partial charge in [-0.25, -0.2) is 4.79 Å². The van der Waals surface area contributed by atoms with Gasteiger partial charge in [0.2, 0.25) is 0 Å². The van der Waals surface area contributed by atoms with E-state index in [0.29, 0.717) is 19.1 Å². The van der Waals surface area contributed by atoms with Gasteiger partial charge in [-0.1, -0.05) is 20.4 Å². The van der Waals surface area contributed by atoms with E-state index in [1.54, 1.807) is 0 Å². The van der Waals surface area contributed by atoms with Crippen LogP contribution in [0.4, 0.5) is 0 Å². The second kappa shape index (κ2) is 4.79. The highest BCUT2D eigenvalue weighted by atomic mass is 16.6. The van der Waals surface area contributed by atoms with Gasteiger partial charge in [-0.05, 0) is 19.3 Å². The Balaban J connectivity index is 2.56. The molecule has 0 aromatic heterocycles. The largest absolute Gasteiger partial charge is 0.459 e. The van der Waals surface area contributed by atoms with Crippen LogP contribution in [0, 0.1) is 11.3 Å². The van der Waals surface area contributed by atoms with Gasteiger partial charge in [0.1, 0.15) is 6.10 Å². The minimum Gasteiger partial charge on any atom is -0.459 e. The van der Waals surface area contributed by atoms with Crippen LogP contribution in [0.15, 0.2) is 12.7 Å². The SMILES string of the molecule is C=CC(=O)OC(C)C1(CC(C)C)COC1. The van der Waals surface area contributed by atoms with E-state index in [1.807, 2.05) is 6.92 Å². The van der Waals surface area contributed by atoms with Crippen molar-refractivity contribution in [3.8, 4) is 0 Å². The first-order chi connectivity index (χ1) is 7.00. The molecular weight excluding hydrogens is 192 g/mol. The van der Waals surface area contributed by atoms with Crippen molar-refractivity contribution in [2.45, 2.75) is 33.3 Å². The maximum absolute atomic E-state index is 11.1. The van der Waals surface area contributed by atoms with Crippen molar-refractivity contribution in [2.75, 3.05) is 13.2 Å². The zero-order chi connectivity index (χ0) is 11.5. The third-order valence-corrected chi connectivity index (χ3v) is 2.92. The zero-order valence-corrected chi connectivity index (χ0v) is 9.79. The number of hydrogen-bond donors (Lipinski definition) is 0. The monoisotopic (exact) mass is 212 g/mol. The standard InChI is InChI=1S/C12H20O3/c1-5-11(13)15-10(4)12(6-9(2)3)7-14-8-12/h5,9-10H,1,6-8H2,2-4H3. The average Bonchev–Trinajstić information content (AvgIpc) is 2.10. The summed E-state index contributed by atoms with van der Waals surface area (Å²) in [7, 11) is 0. The highest BCUT2D eigenvalue weighted by molar-refractivity contribution is 5.81. The minimum absolute atomic E-state index is 0.0207. The summed E-state index contributed by atoms with van der Waals surface area (Å²) >= 11 is 0. The van der Waals surface area contributed by atoms with Crippen molar-refractivity contribution in [3.05, 3.63) is 12.7 Å². The molecular formula is C12H20O3. The number of hydrogen-bond acceptors (Lipinski definition) is 3. The number of carbonyl (C=O) groups excluding carboxylic acids is 1. The van der Waals surface area contributed by atoms with Crippen LogP contribution in [-0.4, -0.2) is 25.3 Å². The molecule has 1 unspecified atom stereocenters. The van der Waals surface area contributed by atoms with Gasteiger partial charge < -0.3 is 9.47 Å². The fourth-order valence-corrected chi connectivity index (χ4v) is 2.04. The van der Waals surface area contributed by atoms with Crippen LogP contribution in [0.2, 0.25) is 0 Å². The molecule has 1 aliphatic heterocycles. The predicted molar refractivity (Wildman–Crippen MR) is 58.5 cm³/mol. The molecule has 0 aromatic carbocycles. The molecule has 3 heteroatoms. The van der Waals surface area contributed by atoms with Crippen molar-refractivity contribution in [2.24, 2.45) is 11.3 Å². The van der Waals surface area contributed by atoms with Crippen molar-refractivity contribution >= 4 is 5.97 Å². The summed E-state index contributed by atoms with van der Waals surface area (Å²) in [5.74, 6) is 0.233. The molecule has 1 heterocycles. The summed E-state index contributed by atoms with van der Waals surface area (Å²) in [6.45, 7) is 11.1. The average molecular weight is 212 g/mol. The molecule has 0 spiro atoms. The van der Waals surface area contributed by atoms with Crippen molar-refractivity contribution in [1.29, 1.82) is 0 Å². The summed E-state index contributed by atoms with van der Waals surface area (Å²) in [5.41, 5.74) is 0.0207. The van der Waals surface area contributed by atoms with E-state index in [1.165, 1.54) is 6.08 Å². The molecule has 1 atom stereocenters. The zero-order valence-electron chi connectivity index (χ0n) is 9.79. The Morgan fingerprint density at radius 1 is 1.53 bits per heavy atom. The Labute approximate surface area is 91.4 Å². The first-order valence-corrected chi connectivity index (χ1v) is 5.41. The van der Waals surface area contributed by atoms with Crippen LogP contribution in [-0.2, 0) is 14.3 Å². The molecule has 15 heavy (non-hydrogen) atoms. The summed E-state index contributed by atoms with van der Waals surface area (Å²) in [6, 6.07) is 0. The third-order valence-electron chi connectivity index (χ3n) is 2.92. The molecule has 0 bridgehead atoms. The molecule has 1 aliphatic rings. The molecule has 0 N–H and O–H groups in total. The first kappa shape index (κ1) is 12.2. The maximum atomic E-state index is 11.1. The van der Waals surface area contributed by atoms with E-state index >= 15 is 0 Å². The Morgan fingerprint density at radius 3 is 2.47 bits per heavy atom. The first-order valence-electron chi connectivity index (χ1n) is 5.41. The molecule has 0 amide bonds. The second-order valence-corrected chi connectivity index (χ2v) is 4.74. The van der Waals surface area contributed by atoms with Crippen LogP contribution in [0.5, 0.6) is 0 Å². The van der Waals surface area contributed by atoms with Crippen LogP contribution in [0.1, 0.15) is 27.2 Å². The Bertz CT molecular complexity index is 241. The molecule has 0 radical (unpaired) electrons. The number of ether oxygens (including phenoxy) is 2. The minimum atomic E-state index is -0.350. The molecule has 0 saturated carbocycles. The van der Waals surface area contributed by atoms with E-state index in [2.05, 4.69) is 20.4 Å². The van der Waals surface area contributed by atoms with Crippen LogP contribution in [0.25, 0.3) is 0 Å². The van der Waals surface area contributed by atoms with Gasteiger partial charge in [0, 0.05) is 6.08 Å². The van der Waals surface area contributed by atoms with Gasteiger partial charge in [0.15, 0.2) is 0 Å². The van der Waals surface area contributed by atoms with Gasteiger partial charge in [0.25, 0.3) is 0 Å². The predicted octanol–water partition coefficient (Wildman–Crippen LogP) is 2.17. The molecule has 1 fully saturated rings. The molecule has 1 rings (SSSR count). The van der Waals surface area contributed by atoms with Gasteiger partial charge in [0.05, 0.1) is 18.6 Å². The van der Waals surface area contributed by atoms with E-state index < -0.39 is 0 Å². The van der Waals surface area contributed by atoms with Crippen LogP contribution < -0.4 is 0 Å². The highest BCUT2D eigenvalue weighted by Gasteiger charge is 2.45. The Kier molecular flexibility index (Phi) is 3.91. The molecule has 3 nitrogen and oxygen atoms in total. The lowest BCUT2D eigenvalue weighted by Gasteiger charge is -2.46. The quantitative estimate of drug-likeness (QED) is 0.517.